The molecule has 0 saturated carbocycles. The first kappa shape index (κ1) is 13.5. The molecule has 4 nitrogen and oxygen atoms in total. The fraction of sp³-hybridized carbons (Fsp3) is 0.727. The van der Waals surface area contributed by atoms with E-state index in [1.807, 2.05) is 30.4 Å². The van der Waals surface area contributed by atoms with Crippen LogP contribution >= 0.6 is 11.8 Å². The average molecular weight is 243 g/mol. The van der Waals surface area contributed by atoms with Crippen LogP contribution in [0.5, 0.6) is 0 Å². The molecule has 0 aromatic carbocycles. The van der Waals surface area contributed by atoms with E-state index in [2.05, 4.69) is 16.5 Å². The summed E-state index contributed by atoms with van der Waals surface area (Å²) in [6, 6.07) is 2.13. The van der Waals surface area contributed by atoms with Gasteiger partial charge in [-0.1, -0.05) is 0 Å². The van der Waals surface area contributed by atoms with Crippen molar-refractivity contribution >= 4 is 11.8 Å². The van der Waals surface area contributed by atoms with Crippen molar-refractivity contribution in [2.45, 2.75) is 18.4 Å². The summed E-state index contributed by atoms with van der Waals surface area (Å²) in [4.78, 5) is 0. The van der Waals surface area contributed by atoms with Crippen molar-refractivity contribution in [3.63, 3.8) is 0 Å². The second kappa shape index (κ2) is 7.70. The highest BCUT2D eigenvalue weighted by Gasteiger charge is 2.01. The van der Waals surface area contributed by atoms with Crippen molar-refractivity contribution in [1.82, 2.24) is 15.1 Å². The number of hydrogen-bond acceptors (Lipinski definition) is 4. The molecule has 0 fully saturated rings. The van der Waals surface area contributed by atoms with Gasteiger partial charge >= 0.3 is 0 Å². The zero-order valence-electron chi connectivity index (χ0n) is 10.3. The van der Waals surface area contributed by atoms with Gasteiger partial charge in [0.25, 0.3) is 0 Å². The molecule has 0 aliphatic heterocycles. The van der Waals surface area contributed by atoms with Gasteiger partial charge < -0.3 is 10.1 Å². The van der Waals surface area contributed by atoms with E-state index in [9.17, 15) is 0 Å². The molecule has 16 heavy (non-hydrogen) atoms. The fourth-order valence-electron chi connectivity index (χ4n) is 1.40. The van der Waals surface area contributed by atoms with Gasteiger partial charge in [-0.2, -0.15) is 5.10 Å². The lowest BCUT2D eigenvalue weighted by atomic mass is 10.5. The highest BCUT2D eigenvalue weighted by atomic mass is 32.2. The molecular weight excluding hydrogens is 222 g/mol. The third-order valence-electron chi connectivity index (χ3n) is 2.19. The molecule has 0 bridgehead atoms. The molecule has 0 aliphatic rings. The molecule has 0 radical (unpaired) electrons. The lowest BCUT2D eigenvalue weighted by Gasteiger charge is -2.04. The van der Waals surface area contributed by atoms with Crippen molar-refractivity contribution < 1.29 is 4.74 Å². The normalized spacial score (nSPS) is 10.9. The van der Waals surface area contributed by atoms with E-state index in [4.69, 9.17) is 4.74 Å². The monoisotopic (exact) mass is 243 g/mol. The van der Waals surface area contributed by atoms with Crippen LogP contribution in [0.1, 0.15) is 12.1 Å². The maximum Gasteiger partial charge on any atom is 0.0939 e. The number of methoxy groups -OCH3 is 1. The maximum absolute atomic E-state index is 4.96. The number of aromatic nitrogens is 2. The summed E-state index contributed by atoms with van der Waals surface area (Å²) in [7, 11) is 3.72. The molecule has 92 valence electrons. The molecule has 1 heterocycles. The van der Waals surface area contributed by atoms with Crippen molar-refractivity contribution in [3.8, 4) is 0 Å². The van der Waals surface area contributed by atoms with Gasteiger partial charge in [0.1, 0.15) is 0 Å². The predicted octanol–water partition coefficient (Wildman–Crippen LogP) is 1.45. The summed E-state index contributed by atoms with van der Waals surface area (Å²) >= 11 is 1.86. The quantitative estimate of drug-likeness (QED) is 0.554. The zero-order valence-corrected chi connectivity index (χ0v) is 11.1. The third kappa shape index (κ3) is 5.01. The van der Waals surface area contributed by atoms with Crippen molar-refractivity contribution in [2.24, 2.45) is 7.05 Å². The third-order valence-corrected chi connectivity index (χ3v) is 3.36. The van der Waals surface area contributed by atoms with Gasteiger partial charge in [-0.05, 0) is 26.0 Å². The van der Waals surface area contributed by atoms with Crippen LogP contribution in [0.4, 0.5) is 0 Å². The van der Waals surface area contributed by atoms with E-state index in [0.717, 1.165) is 31.1 Å². The van der Waals surface area contributed by atoms with Gasteiger partial charge in [0.2, 0.25) is 0 Å². The van der Waals surface area contributed by atoms with Gasteiger partial charge in [-0.15, -0.1) is 11.8 Å². The number of thioether (sulfide) groups is 1. The summed E-state index contributed by atoms with van der Waals surface area (Å²) in [6.07, 6.45) is 1.17. The molecule has 0 aliphatic carbocycles. The lowest BCUT2D eigenvalue weighted by Crippen LogP contribution is -2.20. The van der Waals surface area contributed by atoms with Gasteiger partial charge in [0.05, 0.1) is 17.3 Å². The van der Waals surface area contributed by atoms with Crippen molar-refractivity contribution in [1.29, 1.82) is 0 Å². The Morgan fingerprint density at radius 3 is 2.94 bits per heavy atom. The van der Waals surface area contributed by atoms with Crippen LogP contribution in [-0.4, -0.2) is 42.3 Å². The summed E-state index contributed by atoms with van der Waals surface area (Å²) in [5, 5.41) is 8.89. The minimum absolute atomic E-state index is 0.786. The van der Waals surface area contributed by atoms with Gasteiger partial charge in [0, 0.05) is 26.5 Å². The Hall–Kier alpha value is -0.520. The van der Waals surface area contributed by atoms with Gasteiger partial charge in [-0.25, -0.2) is 0 Å². The second-order valence-electron chi connectivity index (χ2n) is 3.69. The summed E-state index contributed by atoms with van der Waals surface area (Å²) < 4.78 is 6.90. The molecule has 0 amide bonds. The van der Waals surface area contributed by atoms with E-state index in [1.54, 1.807) is 7.11 Å². The zero-order chi connectivity index (χ0) is 11.8. The van der Waals surface area contributed by atoms with E-state index >= 15 is 0 Å². The van der Waals surface area contributed by atoms with Gasteiger partial charge in [0.15, 0.2) is 0 Å². The smallest absolute Gasteiger partial charge is 0.0939 e. The van der Waals surface area contributed by atoms with E-state index < -0.39 is 0 Å². The first-order chi connectivity index (χ1) is 7.74. The Bertz CT molecular complexity index is 301. The highest BCUT2D eigenvalue weighted by Crippen LogP contribution is 2.18. The first-order valence-corrected chi connectivity index (χ1v) is 6.55. The van der Waals surface area contributed by atoms with Crippen LogP contribution < -0.4 is 5.32 Å². The number of nitrogens with zero attached hydrogens (tertiary/aromatic N) is 2. The Morgan fingerprint density at radius 1 is 1.50 bits per heavy atom. The summed E-state index contributed by atoms with van der Waals surface area (Å²) in [6.45, 7) is 4.80. The highest BCUT2D eigenvalue weighted by molar-refractivity contribution is 7.99. The van der Waals surface area contributed by atoms with E-state index in [0.29, 0.717) is 0 Å². The standard InChI is InChI=1S/C11H21N3OS/c1-10-9-11(14(2)13-10)16-8-4-5-12-6-7-15-3/h9,12H,4-8H2,1-3H3. The van der Waals surface area contributed by atoms with Gasteiger partial charge in [-0.3, -0.25) is 4.68 Å². The van der Waals surface area contributed by atoms with Crippen LogP contribution in [0.25, 0.3) is 0 Å². The van der Waals surface area contributed by atoms with E-state index in [1.165, 1.54) is 11.4 Å². The molecule has 0 spiro atoms. The summed E-state index contributed by atoms with van der Waals surface area (Å²) in [5.74, 6) is 1.12. The van der Waals surface area contributed by atoms with Crippen LogP contribution in [0.2, 0.25) is 0 Å². The maximum atomic E-state index is 4.96. The molecule has 5 heteroatoms. The van der Waals surface area contributed by atoms with Crippen LogP contribution in [0.15, 0.2) is 11.1 Å². The lowest BCUT2D eigenvalue weighted by molar-refractivity contribution is 0.199. The molecular formula is C11H21N3OS. The second-order valence-corrected chi connectivity index (χ2v) is 4.81. The molecule has 0 unspecified atom stereocenters. The first-order valence-electron chi connectivity index (χ1n) is 5.57. The van der Waals surface area contributed by atoms with Crippen LogP contribution in [0.3, 0.4) is 0 Å². The number of hydrogen-bond donors (Lipinski definition) is 1. The Labute approximate surface area is 102 Å². The molecule has 1 rings (SSSR count). The van der Waals surface area contributed by atoms with Crippen LogP contribution in [-0.2, 0) is 11.8 Å². The van der Waals surface area contributed by atoms with E-state index in [-0.39, 0.29) is 0 Å². The predicted molar refractivity (Wildman–Crippen MR) is 68.0 cm³/mol. The minimum Gasteiger partial charge on any atom is -0.383 e. The molecule has 0 saturated heterocycles. The average Bonchev–Trinajstić information content (AvgIpc) is 2.56. The SMILES string of the molecule is COCCNCCCSc1cc(C)nn1C. The largest absolute Gasteiger partial charge is 0.383 e. The number of ether oxygens (including phenoxy) is 1. The number of aryl methyl sites for hydroxylation is 2. The topological polar surface area (TPSA) is 39.1 Å². The Kier molecular flexibility index (Phi) is 6.52. The molecule has 1 N–H and O–H groups in total. The minimum atomic E-state index is 0.786. The Morgan fingerprint density at radius 2 is 2.31 bits per heavy atom. The molecule has 1 aromatic rings. The fourth-order valence-corrected chi connectivity index (χ4v) is 2.37. The summed E-state index contributed by atoms with van der Waals surface area (Å²) in [5.41, 5.74) is 1.09. The Balaban J connectivity index is 2.05. The number of rotatable bonds is 8. The van der Waals surface area contributed by atoms with Crippen molar-refractivity contribution in [2.75, 3.05) is 32.6 Å². The molecule has 1 aromatic heterocycles. The number of nitrogens with one attached hydrogen (secondary N) is 1. The van der Waals surface area contributed by atoms with Crippen molar-refractivity contribution in [3.05, 3.63) is 11.8 Å². The molecule has 0 atom stereocenters. The van der Waals surface area contributed by atoms with Crippen LogP contribution in [0, 0.1) is 6.92 Å².